The number of benzene rings is 1. The molecule has 2 aromatic rings. The third-order valence-corrected chi connectivity index (χ3v) is 3.59. The Labute approximate surface area is 141 Å². The second-order valence-corrected chi connectivity index (χ2v) is 5.96. The molecule has 0 aliphatic heterocycles. The van der Waals surface area contributed by atoms with Crippen molar-refractivity contribution in [2.24, 2.45) is 0 Å². The van der Waals surface area contributed by atoms with Crippen LogP contribution >= 0.6 is 15.9 Å². The molecule has 0 aliphatic rings. The molecule has 8 heteroatoms. The van der Waals surface area contributed by atoms with Crippen molar-refractivity contribution in [1.82, 2.24) is 4.90 Å². The molecule has 0 aliphatic carbocycles. The summed E-state index contributed by atoms with van der Waals surface area (Å²) < 4.78 is 6.03. The number of carbonyl (C=O) groups excluding carboxylic acids is 1. The first kappa shape index (κ1) is 17.2. The van der Waals surface area contributed by atoms with E-state index >= 15 is 0 Å². The van der Waals surface area contributed by atoms with Crippen LogP contribution in [0.5, 0.6) is 0 Å². The Bertz CT molecular complexity index is 729. The number of nitro groups is 1. The van der Waals surface area contributed by atoms with Gasteiger partial charge in [0.2, 0.25) is 5.91 Å². The molecule has 2 rings (SSSR count). The minimum atomic E-state index is -0.464. The maximum Gasteiger partial charge on any atom is 0.269 e. The van der Waals surface area contributed by atoms with Gasteiger partial charge in [-0.25, -0.2) is 0 Å². The van der Waals surface area contributed by atoms with Crippen LogP contribution in [0.1, 0.15) is 11.3 Å². The van der Waals surface area contributed by atoms with Gasteiger partial charge in [0.1, 0.15) is 5.76 Å². The van der Waals surface area contributed by atoms with Gasteiger partial charge in [0.05, 0.1) is 18.0 Å². The number of hydrogen-bond donors (Lipinski definition) is 1. The maximum atomic E-state index is 12.1. The summed E-state index contributed by atoms with van der Waals surface area (Å²) >= 11 is 3.23. The molecular formula is C15H16BrN3O4. The largest absolute Gasteiger partial charge is 0.453 e. The first-order valence-electron chi connectivity index (χ1n) is 6.83. The molecule has 1 aromatic heterocycles. The second-order valence-electron chi connectivity index (χ2n) is 5.18. The van der Waals surface area contributed by atoms with Crippen molar-refractivity contribution in [2.45, 2.75) is 13.5 Å². The van der Waals surface area contributed by atoms with Crippen LogP contribution in [-0.2, 0) is 11.3 Å². The topological polar surface area (TPSA) is 88.6 Å². The lowest BCUT2D eigenvalue weighted by Crippen LogP contribution is -2.29. The van der Waals surface area contributed by atoms with E-state index in [1.54, 1.807) is 24.9 Å². The zero-order chi connectivity index (χ0) is 17.0. The lowest BCUT2D eigenvalue weighted by molar-refractivity contribution is -0.384. The number of likely N-dealkylation sites (N-methyl/N-ethyl adjacent to an activating group) is 1. The summed E-state index contributed by atoms with van der Waals surface area (Å²) in [6.07, 6.45) is 0. The van der Waals surface area contributed by atoms with Gasteiger partial charge in [-0.3, -0.25) is 19.8 Å². The first-order valence-corrected chi connectivity index (χ1v) is 7.62. The number of amides is 1. The SMILES string of the molecule is Cc1cc([N+](=O)[O-])ccc1NC(=O)CN(C)Cc1ccc(Br)o1. The molecule has 122 valence electrons. The highest BCUT2D eigenvalue weighted by atomic mass is 79.9. The van der Waals surface area contributed by atoms with E-state index < -0.39 is 4.92 Å². The van der Waals surface area contributed by atoms with Gasteiger partial charge < -0.3 is 9.73 Å². The van der Waals surface area contributed by atoms with Gasteiger partial charge in [-0.2, -0.15) is 0 Å². The summed E-state index contributed by atoms with van der Waals surface area (Å²) in [5.74, 6) is 0.550. The van der Waals surface area contributed by atoms with E-state index in [1.165, 1.54) is 18.2 Å². The number of nitrogens with one attached hydrogen (secondary N) is 1. The highest BCUT2D eigenvalue weighted by molar-refractivity contribution is 9.10. The van der Waals surface area contributed by atoms with E-state index in [0.717, 1.165) is 5.76 Å². The van der Waals surface area contributed by atoms with Crippen LogP contribution in [0.3, 0.4) is 0 Å². The predicted molar refractivity (Wildman–Crippen MR) is 89.2 cm³/mol. The smallest absolute Gasteiger partial charge is 0.269 e. The summed E-state index contributed by atoms with van der Waals surface area (Å²) in [6, 6.07) is 7.96. The number of furan rings is 1. The van der Waals surface area contributed by atoms with E-state index in [4.69, 9.17) is 4.42 Å². The predicted octanol–water partition coefficient (Wildman–Crippen LogP) is 3.33. The van der Waals surface area contributed by atoms with E-state index in [2.05, 4.69) is 21.2 Å². The van der Waals surface area contributed by atoms with E-state index in [0.29, 0.717) is 22.5 Å². The maximum absolute atomic E-state index is 12.1. The number of anilines is 1. The molecule has 1 amide bonds. The molecule has 1 N–H and O–H groups in total. The number of hydrogen-bond acceptors (Lipinski definition) is 5. The number of nitro benzene ring substituents is 1. The van der Waals surface area contributed by atoms with Gasteiger partial charge in [0.15, 0.2) is 4.67 Å². The van der Waals surface area contributed by atoms with Gasteiger partial charge in [-0.1, -0.05) is 0 Å². The number of halogens is 1. The molecule has 0 saturated heterocycles. The highest BCUT2D eigenvalue weighted by Crippen LogP contribution is 2.21. The number of nitrogens with zero attached hydrogens (tertiary/aromatic N) is 2. The van der Waals surface area contributed by atoms with E-state index in [9.17, 15) is 14.9 Å². The summed E-state index contributed by atoms with van der Waals surface area (Å²) in [5, 5.41) is 13.5. The molecule has 0 atom stereocenters. The molecule has 1 heterocycles. The highest BCUT2D eigenvalue weighted by Gasteiger charge is 2.12. The third-order valence-electron chi connectivity index (χ3n) is 3.16. The molecule has 1 aromatic carbocycles. The molecule has 7 nitrogen and oxygen atoms in total. The van der Waals surface area contributed by atoms with E-state index in [-0.39, 0.29) is 18.1 Å². The van der Waals surface area contributed by atoms with Gasteiger partial charge in [-0.05, 0) is 53.7 Å². The van der Waals surface area contributed by atoms with Crippen molar-refractivity contribution < 1.29 is 14.1 Å². The standard InChI is InChI=1S/C15H16BrN3O4/c1-10-7-11(19(21)22)3-5-13(10)17-15(20)9-18(2)8-12-4-6-14(16)23-12/h3-7H,8-9H2,1-2H3,(H,17,20). The Hall–Kier alpha value is -2.19. The Morgan fingerprint density at radius 1 is 1.39 bits per heavy atom. The zero-order valence-electron chi connectivity index (χ0n) is 12.7. The number of aryl methyl sites for hydroxylation is 1. The first-order chi connectivity index (χ1) is 10.8. The van der Waals surface area contributed by atoms with Gasteiger partial charge in [0, 0.05) is 17.8 Å². The van der Waals surface area contributed by atoms with Crippen molar-refractivity contribution in [2.75, 3.05) is 18.9 Å². The minimum absolute atomic E-state index is 0.000938. The summed E-state index contributed by atoms with van der Waals surface area (Å²) in [5.41, 5.74) is 1.21. The lowest BCUT2D eigenvalue weighted by atomic mass is 10.2. The van der Waals surface area contributed by atoms with Crippen molar-refractivity contribution in [1.29, 1.82) is 0 Å². The lowest BCUT2D eigenvalue weighted by Gasteiger charge is -2.15. The Morgan fingerprint density at radius 3 is 2.70 bits per heavy atom. The molecular weight excluding hydrogens is 366 g/mol. The average molecular weight is 382 g/mol. The average Bonchev–Trinajstić information content (AvgIpc) is 2.85. The van der Waals surface area contributed by atoms with Crippen LogP contribution in [0.2, 0.25) is 0 Å². The third kappa shape index (κ3) is 4.90. The van der Waals surface area contributed by atoms with Crippen molar-refractivity contribution in [3.8, 4) is 0 Å². The van der Waals surface area contributed by atoms with Gasteiger partial charge in [0.25, 0.3) is 5.69 Å². The Kier molecular flexibility index (Phi) is 5.51. The van der Waals surface area contributed by atoms with Crippen LogP contribution in [0, 0.1) is 17.0 Å². The molecule has 0 fully saturated rings. The van der Waals surface area contributed by atoms with Crippen molar-refractivity contribution in [3.63, 3.8) is 0 Å². The Balaban J connectivity index is 1.92. The number of rotatable bonds is 6. The molecule has 0 radical (unpaired) electrons. The Morgan fingerprint density at radius 2 is 2.13 bits per heavy atom. The zero-order valence-corrected chi connectivity index (χ0v) is 14.3. The number of carbonyl (C=O) groups is 1. The van der Waals surface area contributed by atoms with Crippen LogP contribution < -0.4 is 5.32 Å². The molecule has 23 heavy (non-hydrogen) atoms. The van der Waals surface area contributed by atoms with E-state index in [1.807, 2.05) is 6.07 Å². The van der Waals surface area contributed by atoms with Gasteiger partial charge >= 0.3 is 0 Å². The summed E-state index contributed by atoms with van der Waals surface area (Å²) in [6.45, 7) is 2.39. The summed E-state index contributed by atoms with van der Waals surface area (Å²) in [7, 11) is 1.80. The van der Waals surface area contributed by atoms with Crippen molar-refractivity contribution in [3.05, 3.63) is 56.4 Å². The fourth-order valence-electron chi connectivity index (χ4n) is 2.10. The van der Waals surface area contributed by atoms with Crippen LogP contribution in [0.15, 0.2) is 39.4 Å². The van der Waals surface area contributed by atoms with Crippen LogP contribution in [0.25, 0.3) is 0 Å². The minimum Gasteiger partial charge on any atom is -0.453 e. The monoisotopic (exact) mass is 381 g/mol. The van der Waals surface area contributed by atoms with Crippen LogP contribution in [-0.4, -0.2) is 29.3 Å². The molecule has 0 bridgehead atoms. The normalized spacial score (nSPS) is 10.8. The van der Waals surface area contributed by atoms with Crippen LogP contribution in [0.4, 0.5) is 11.4 Å². The molecule has 0 spiro atoms. The summed E-state index contributed by atoms with van der Waals surface area (Å²) in [4.78, 5) is 24.1. The molecule has 0 saturated carbocycles. The molecule has 0 unspecified atom stereocenters. The number of non-ortho nitro benzene ring substituents is 1. The van der Waals surface area contributed by atoms with Gasteiger partial charge in [-0.15, -0.1) is 0 Å². The fraction of sp³-hybridized carbons (Fsp3) is 0.267. The second kappa shape index (κ2) is 7.38. The van der Waals surface area contributed by atoms with Crippen molar-refractivity contribution >= 4 is 33.2 Å². The quantitative estimate of drug-likeness (QED) is 0.612. The fourth-order valence-corrected chi connectivity index (χ4v) is 2.44.